The number of hydrogen-bond acceptors (Lipinski definition) is 4. The summed E-state index contributed by atoms with van der Waals surface area (Å²) in [5.74, 6) is -0.661. The minimum absolute atomic E-state index is 0.0383. The molecule has 3 aromatic rings. The number of amides is 2. The second-order valence-electron chi connectivity index (χ2n) is 6.60. The van der Waals surface area contributed by atoms with Crippen LogP contribution in [-0.4, -0.2) is 16.8 Å². The van der Waals surface area contributed by atoms with Crippen molar-refractivity contribution in [3.63, 3.8) is 0 Å². The van der Waals surface area contributed by atoms with Crippen LogP contribution in [0, 0.1) is 12.8 Å². The van der Waals surface area contributed by atoms with Gasteiger partial charge in [-0.05, 0) is 42.6 Å². The van der Waals surface area contributed by atoms with Crippen LogP contribution in [0.15, 0.2) is 66.3 Å². The van der Waals surface area contributed by atoms with Crippen LogP contribution in [0.4, 0.5) is 11.4 Å². The topological polar surface area (TPSA) is 62.3 Å². The number of anilines is 2. The van der Waals surface area contributed by atoms with Gasteiger partial charge < -0.3 is 10.2 Å². The number of nitrogens with one attached hydrogen (secondary N) is 1. The number of aryl methyl sites for hydroxylation is 1. The van der Waals surface area contributed by atoms with Crippen LogP contribution in [0.3, 0.4) is 0 Å². The number of benzene rings is 1. The molecule has 0 spiro atoms. The summed E-state index contributed by atoms with van der Waals surface area (Å²) in [6.45, 7) is 2.01. The number of carbonyl (C=O) groups excluding carboxylic acids is 2. The van der Waals surface area contributed by atoms with Gasteiger partial charge in [0.2, 0.25) is 11.8 Å². The maximum atomic E-state index is 13.0. The number of pyridine rings is 1. The fourth-order valence-corrected chi connectivity index (χ4v) is 4.32. The first-order chi connectivity index (χ1) is 13.1. The average molecular weight is 377 g/mol. The van der Waals surface area contributed by atoms with Crippen molar-refractivity contribution in [1.82, 2.24) is 4.98 Å². The van der Waals surface area contributed by atoms with Gasteiger partial charge in [-0.2, -0.15) is 0 Å². The third kappa shape index (κ3) is 3.48. The molecule has 136 valence electrons. The van der Waals surface area contributed by atoms with E-state index in [-0.39, 0.29) is 24.3 Å². The number of thiophene rings is 1. The lowest BCUT2D eigenvalue weighted by Gasteiger charge is -2.27. The van der Waals surface area contributed by atoms with Crippen LogP contribution >= 0.6 is 11.3 Å². The Hall–Kier alpha value is -2.99. The Morgan fingerprint density at radius 1 is 1.19 bits per heavy atom. The molecule has 0 saturated carbocycles. The van der Waals surface area contributed by atoms with Crippen molar-refractivity contribution in [3.8, 4) is 0 Å². The molecule has 1 N–H and O–H groups in total. The number of aromatic nitrogens is 1. The lowest BCUT2D eigenvalue weighted by molar-refractivity contribution is -0.122. The number of rotatable bonds is 4. The summed E-state index contributed by atoms with van der Waals surface area (Å²) in [7, 11) is 0. The van der Waals surface area contributed by atoms with Gasteiger partial charge in [-0.15, -0.1) is 11.3 Å². The van der Waals surface area contributed by atoms with Gasteiger partial charge in [-0.3, -0.25) is 14.6 Å². The van der Waals surface area contributed by atoms with E-state index in [1.807, 2.05) is 48.7 Å². The second kappa shape index (κ2) is 7.32. The first-order valence-corrected chi connectivity index (χ1v) is 9.64. The molecule has 2 amide bonds. The van der Waals surface area contributed by atoms with Gasteiger partial charge in [0.25, 0.3) is 0 Å². The largest absolute Gasteiger partial charge is 0.324 e. The molecule has 1 aliphatic rings. The molecule has 2 atom stereocenters. The predicted molar refractivity (Wildman–Crippen MR) is 107 cm³/mol. The maximum absolute atomic E-state index is 13.0. The Balaban J connectivity index is 1.68. The average Bonchev–Trinajstić information content (AvgIpc) is 3.31. The van der Waals surface area contributed by atoms with Crippen molar-refractivity contribution in [2.75, 3.05) is 10.2 Å². The number of carbonyl (C=O) groups is 2. The fourth-order valence-electron chi connectivity index (χ4n) is 3.44. The van der Waals surface area contributed by atoms with Gasteiger partial charge >= 0.3 is 0 Å². The van der Waals surface area contributed by atoms with Crippen LogP contribution in [0.1, 0.15) is 22.9 Å². The standard InChI is InChI=1S/C21H19N3O2S/c1-14-6-8-16(9-7-14)24-19(25)12-17(20(24)18-5-3-11-27-18)21(26)23-15-4-2-10-22-13-15/h2-11,13,17,20H,12H2,1H3,(H,23,26)/t17-,20-/m0/s1. The van der Waals surface area contributed by atoms with E-state index < -0.39 is 5.92 Å². The second-order valence-corrected chi connectivity index (χ2v) is 7.58. The van der Waals surface area contributed by atoms with Crippen LogP contribution in [-0.2, 0) is 9.59 Å². The molecule has 1 fully saturated rings. The van der Waals surface area contributed by atoms with E-state index in [1.165, 1.54) is 0 Å². The first-order valence-electron chi connectivity index (χ1n) is 8.76. The van der Waals surface area contributed by atoms with Gasteiger partial charge in [-0.25, -0.2) is 0 Å². The van der Waals surface area contributed by atoms with Crippen molar-refractivity contribution in [1.29, 1.82) is 0 Å². The van der Waals surface area contributed by atoms with Crippen molar-refractivity contribution >= 4 is 34.5 Å². The Morgan fingerprint density at radius 3 is 2.67 bits per heavy atom. The van der Waals surface area contributed by atoms with Gasteiger partial charge in [0, 0.05) is 23.2 Å². The van der Waals surface area contributed by atoms with Gasteiger partial charge in [0.1, 0.15) is 0 Å². The summed E-state index contributed by atoms with van der Waals surface area (Å²) in [6.07, 6.45) is 3.44. The molecule has 0 bridgehead atoms. The molecule has 4 rings (SSSR count). The van der Waals surface area contributed by atoms with Crippen LogP contribution < -0.4 is 10.2 Å². The molecular formula is C21H19N3O2S. The normalized spacial score (nSPS) is 19.3. The molecule has 0 radical (unpaired) electrons. The van der Waals surface area contributed by atoms with Crippen LogP contribution in [0.2, 0.25) is 0 Å². The Morgan fingerprint density at radius 2 is 2.00 bits per heavy atom. The summed E-state index contributed by atoms with van der Waals surface area (Å²) in [5.41, 5.74) is 2.58. The van der Waals surface area contributed by atoms with E-state index >= 15 is 0 Å². The maximum Gasteiger partial charge on any atom is 0.230 e. The summed E-state index contributed by atoms with van der Waals surface area (Å²) < 4.78 is 0. The highest BCUT2D eigenvalue weighted by Crippen LogP contribution is 2.43. The third-order valence-electron chi connectivity index (χ3n) is 4.74. The molecule has 1 aromatic carbocycles. The zero-order valence-electron chi connectivity index (χ0n) is 14.8. The van der Waals surface area contributed by atoms with Crippen molar-refractivity contribution < 1.29 is 9.59 Å². The third-order valence-corrected chi connectivity index (χ3v) is 5.68. The highest BCUT2D eigenvalue weighted by Gasteiger charge is 2.45. The van der Waals surface area contributed by atoms with Crippen molar-refractivity contribution in [2.24, 2.45) is 5.92 Å². The molecule has 0 unspecified atom stereocenters. The van der Waals surface area contributed by atoms with Crippen molar-refractivity contribution in [2.45, 2.75) is 19.4 Å². The van der Waals surface area contributed by atoms with Gasteiger partial charge in [0.05, 0.1) is 23.8 Å². The highest BCUT2D eigenvalue weighted by molar-refractivity contribution is 7.10. The smallest absolute Gasteiger partial charge is 0.230 e. The number of nitrogens with zero attached hydrogens (tertiary/aromatic N) is 2. The van der Waals surface area contributed by atoms with Crippen molar-refractivity contribution in [3.05, 3.63) is 76.7 Å². The molecule has 2 aromatic heterocycles. The monoisotopic (exact) mass is 377 g/mol. The van der Waals surface area contributed by atoms with Gasteiger partial charge in [-0.1, -0.05) is 23.8 Å². The van der Waals surface area contributed by atoms with E-state index in [2.05, 4.69) is 10.3 Å². The highest BCUT2D eigenvalue weighted by atomic mass is 32.1. The van der Waals surface area contributed by atoms with E-state index in [1.54, 1.807) is 40.8 Å². The van der Waals surface area contributed by atoms with E-state index in [9.17, 15) is 9.59 Å². The molecule has 5 nitrogen and oxygen atoms in total. The Bertz CT molecular complexity index is 939. The minimum atomic E-state index is -0.461. The molecule has 0 aliphatic carbocycles. The SMILES string of the molecule is Cc1ccc(N2C(=O)C[C@H](C(=O)Nc3cccnc3)[C@H]2c2cccs2)cc1. The first kappa shape index (κ1) is 17.4. The quantitative estimate of drug-likeness (QED) is 0.742. The molecule has 3 heterocycles. The summed E-state index contributed by atoms with van der Waals surface area (Å²) >= 11 is 1.57. The minimum Gasteiger partial charge on any atom is -0.324 e. The number of hydrogen-bond donors (Lipinski definition) is 1. The zero-order valence-corrected chi connectivity index (χ0v) is 15.6. The van der Waals surface area contributed by atoms with Gasteiger partial charge in [0.15, 0.2) is 0 Å². The predicted octanol–water partition coefficient (Wildman–Crippen LogP) is 4.18. The summed E-state index contributed by atoms with van der Waals surface area (Å²) in [5, 5.41) is 4.88. The van der Waals surface area contributed by atoms with E-state index in [4.69, 9.17) is 0 Å². The molecule has 27 heavy (non-hydrogen) atoms. The lowest BCUT2D eigenvalue weighted by Crippen LogP contribution is -2.32. The zero-order chi connectivity index (χ0) is 18.8. The Labute approximate surface area is 161 Å². The molecule has 6 heteroatoms. The summed E-state index contributed by atoms with van der Waals surface area (Å²) in [4.78, 5) is 32.7. The van der Waals surface area contributed by atoms with Crippen LogP contribution in [0.5, 0.6) is 0 Å². The molecule has 1 saturated heterocycles. The molecular weight excluding hydrogens is 358 g/mol. The Kier molecular flexibility index (Phi) is 4.73. The molecule has 1 aliphatic heterocycles. The lowest BCUT2D eigenvalue weighted by atomic mass is 9.97. The summed E-state index contributed by atoms with van der Waals surface area (Å²) in [6, 6.07) is 15.0. The van der Waals surface area contributed by atoms with Crippen LogP contribution in [0.25, 0.3) is 0 Å². The van der Waals surface area contributed by atoms with E-state index in [0.29, 0.717) is 5.69 Å². The van der Waals surface area contributed by atoms with E-state index in [0.717, 1.165) is 16.1 Å². The fraction of sp³-hybridized carbons (Fsp3) is 0.190.